The first-order chi connectivity index (χ1) is 17.0. The highest BCUT2D eigenvalue weighted by atomic mass is 35.5. The van der Waals surface area contributed by atoms with Gasteiger partial charge in [0.25, 0.3) is 0 Å². The molecule has 1 fully saturated rings. The lowest BCUT2D eigenvalue weighted by Gasteiger charge is -2.39. The first kappa shape index (κ1) is 25.0. The maximum Gasteiger partial charge on any atom is 0.318 e. The van der Waals surface area contributed by atoms with Gasteiger partial charge in [0.15, 0.2) is 0 Å². The van der Waals surface area contributed by atoms with Crippen molar-refractivity contribution in [3.8, 4) is 12.1 Å². The molecule has 1 saturated heterocycles. The summed E-state index contributed by atoms with van der Waals surface area (Å²) in [5.41, 5.74) is 3.46. The third-order valence-electron chi connectivity index (χ3n) is 6.72. The topological polar surface area (TPSA) is 68.5 Å². The van der Waals surface area contributed by atoms with E-state index in [2.05, 4.69) is 52.8 Å². The Morgan fingerprint density at radius 3 is 2.34 bits per heavy atom. The van der Waals surface area contributed by atoms with Crippen LogP contribution in [0, 0.1) is 11.3 Å². The molecule has 5 rings (SSSR count). The minimum absolute atomic E-state index is 0.447. The maximum atomic E-state index is 7.32. The van der Waals surface area contributed by atoms with Crippen molar-refractivity contribution in [1.82, 2.24) is 14.9 Å². The molecule has 1 aromatic heterocycles. The minimum atomic E-state index is 0.447. The Balaban J connectivity index is 0.000000917. The highest BCUT2D eigenvalue weighted by Crippen LogP contribution is 2.37. The fourth-order valence-electron chi connectivity index (χ4n) is 4.94. The number of rotatable bonds is 4. The number of benzene rings is 2. The van der Waals surface area contributed by atoms with E-state index in [0.29, 0.717) is 12.1 Å². The molecule has 2 aromatic carbocycles. The molecule has 0 radical (unpaired) electrons. The average molecular weight is 493 g/mol. The van der Waals surface area contributed by atoms with Gasteiger partial charge in [-0.2, -0.15) is 15.2 Å². The average Bonchev–Trinajstić information content (AvgIpc) is 2.88. The van der Waals surface area contributed by atoms with Gasteiger partial charge in [-0.15, -0.1) is 0 Å². The van der Waals surface area contributed by atoms with Gasteiger partial charge in [0.05, 0.1) is 30.4 Å². The van der Waals surface area contributed by atoms with Crippen LogP contribution in [0.25, 0.3) is 10.8 Å². The van der Waals surface area contributed by atoms with Gasteiger partial charge in [-0.3, -0.25) is 4.90 Å². The predicted octanol–water partition coefficient (Wildman–Crippen LogP) is 4.91. The van der Waals surface area contributed by atoms with Crippen LogP contribution in [0.15, 0.2) is 36.4 Å². The van der Waals surface area contributed by atoms with E-state index in [0.717, 1.165) is 78.7 Å². The van der Waals surface area contributed by atoms with Crippen LogP contribution in [0.1, 0.15) is 32.0 Å². The molecule has 0 amide bonds. The molecule has 184 valence electrons. The molecule has 0 bridgehead atoms. The molecule has 2 aliphatic heterocycles. The van der Waals surface area contributed by atoms with Crippen LogP contribution in [-0.2, 0) is 13.0 Å². The van der Waals surface area contributed by atoms with E-state index >= 15 is 0 Å². The Morgan fingerprint density at radius 1 is 1.00 bits per heavy atom. The number of hydrogen-bond donors (Lipinski definition) is 0. The van der Waals surface area contributed by atoms with Crippen LogP contribution in [0.2, 0.25) is 5.02 Å². The molecule has 8 heteroatoms. The van der Waals surface area contributed by atoms with Crippen molar-refractivity contribution in [3.05, 3.63) is 52.7 Å². The first-order valence-corrected chi connectivity index (χ1v) is 12.5. The molecule has 3 heterocycles. The van der Waals surface area contributed by atoms with Gasteiger partial charge in [0, 0.05) is 62.3 Å². The zero-order valence-corrected chi connectivity index (χ0v) is 21.7. The molecule has 0 aliphatic carbocycles. The highest BCUT2D eigenvalue weighted by molar-refractivity contribution is 6.36. The summed E-state index contributed by atoms with van der Waals surface area (Å²) in [5.74, 6) is 1.05. The second-order valence-corrected chi connectivity index (χ2v) is 9.49. The smallest absolute Gasteiger partial charge is 0.318 e. The molecular formula is C27H33ClN6O. The van der Waals surface area contributed by atoms with Crippen molar-refractivity contribution in [2.45, 2.75) is 39.8 Å². The summed E-state index contributed by atoms with van der Waals surface area (Å²) in [6.45, 7) is 11.7. The number of nitriles is 1. The predicted molar refractivity (Wildman–Crippen MR) is 143 cm³/mol. The van der Waals surface area contributed by atoms with Gasteiger partial charge in [-0.25, -0.2) is 0 Å². The van der Waals surface area contributed by atoms with Crippen molar-refractivity contribution >= 4 is 33.9 Å². The first-order valence-electron chi connectivity index (χ1n) is 12.1. The largest absolute Gasteiger partial charge is 0.467 e. The van der Waals surface area contributed by atoms with Crippen molar-refractivity contribution < 1.29 is 4.74 Å². The van der Waals surface area contributed by atoms with Crippen molar-refractivity contribution in [2.24, 2.45) is 0 Å². The second-order valence-electron chi connectivity index (χ2n) is 9.09. The van der Waals surface area contributed by atoms with Crippen LogP contribution in [-0.4, -0.2) is 60.7 Å². The molecule has 0 atom stereocenters. The van der Waals surface area contributed by atoms with Crippen molar-refractivity contribution in [1.29, 1.82) is 5.26 Å². The Kier molecular flexibility index (Phi) is 7.94. The number of nitrogens with zero attached hydrogens (tertiary/aromatic N) is 6. The summed E-state index contributed by atoms with van der Waals surface area (Å²) in [6, 6.07) is 15.2. The zero-order chi connectivity index (χ0) is 24.9. The summed E-state index contributed by atoms with van der Waals surface area (Å²) in [4.78, 5) is 16.9. The number of fused-ring (bicyclic) bond motifs is 2. The Morgan fingerprint density at radius 2 is 1.69 bits per heavy atom. The van der Waals surface area contributed by atoms with Crippen LogP contribution in [0.3, 0.4) is 0 Å². The quantitative estimate of drug-likeness (QED) is 0.512. The fourth-order valence-corrected chi connectivity index (χ4v) is 5.22. The molecule has 3 aromatic rings. The summed E-state index contributed by atoms with van der Waals surface area (Å²) >= 11 is 6.61. The number of halogens is 1. The van der Waals surface area contributed by atoms with Gasteiger partial charge in [-0.1, -0.05) is 35.9 Å². The maximum absolute atomic E-state index is 7.32. The lowest BCUT2D eigenvalue weighted by atomic mass is 10.0. The SMILES string of the molecule is CC#N.COc1nc2c(c(N3CCN(C(C)C)CC3)n1)CCN(c1cccc3cccc(Cl)c13)C2. The minimum Gasteiger partial charge on any atom is -0.467 e. The number of aromatic nitrogens is 2. The van der Waals surface area contributed by atoms with Crippen LogP contribution in [0.5, 0.6) is 6.01 Å². The van der Waals surface area contributed by atoms with Crippen molar-refractivity contribution in [2.75, 3.05) is 49.6 Å². The summed E-state index contributed by atoms with van der Waals surface area (Å²) in [5, 5.41) is 10.4. The number of anilines is 2. The number of hydrogen-bond acceptors (Lipinski definition) is 7. The number of ether oxygens (including phenoxy) is 1. The van der Waals surface area contributed by atoms with Gasteiger partial charge < -0.3 is 14.5 Å². The van der Waals surface area contributed by atoms with Gasteiger partial charge in [0.1, 0.15) is 5.82 Å². The number of methoxy groups -OCH3 is 1. The second kappa shape index (κ2) is 11.1. The summed E-state index contributed by atoms with van der Waals surface area (Å²) in [6.07, 6.45) is 0.903. The standard InChI is InChI=1S/C25H30ClN5O.C2H3N/c1-17(2)29-12-14-30(15-13-29)24-19-10-11-31(16-21(19)27-25(28-24)32-3)22-9-5-7-18-6-4-8-20(26)23(18)22;1-2-3/h4-9,17H,10-16H2,1-3H3;1H3. The summed E-state index contributed by atoms with van der Waals surface area (Å²) in [7, 11) is 1.65. The number of piperazine rings is 1. The van der Waals surface area contributed by atoms with E-state index < -0.39 is 0 Å². The van der Waals surface area contributed by atoms with Gasteiger partial charge in [0.2, 0.25) is 0 Å². The Labute approximate surface area is 212 Å². The summed E-state index contributed by atoms with van der Waals surface area (Å²) < 4.78 is 5.50. The van der Waals surface area contributed by atoms with E-state index in [-0.39, 0.29) is 0 Å². The molecule has 7 nitrogen and oxygen atoms in total. The lowest BCUT2D eigenvalue weighted by Crippen LogP contribution is -2.49. The Bertz CT molecular complexity index is 1210. The van der Waals surface area contributed by atoms with Crippen LogP contribution in [0.4, 0.5) is 11.5 Å². The lowest BCUT2D eigenvalue weighted by molar-refractivity contribution is 0.208. The fraction of sp³-hybridized carbons (Fsp3) is 0.444. The Hall–Kier alpha value is -3.08. The molecular weight excluding hydrogens is 460 g/mol. The monoisotopic (exact) mass is 492 g/mol. The molecule has 0 spiro atoms. The molecule has 0 unspecified atom stereocenters. The van der Waals surface area contributed by atoms with E-state index in [1.165, 1.54) is 12.5 Å². The van der Waals surface area contributed by atoms with E-state index in [1.54, 1.807) is 13.2 Å². The van der Waals surface area contributed by atoms with Crippen LogP contribution >= 0.6 is 11.6 Å². The normalized spacial score (nSPS) is 15.9. The van der Waals surface area contributed by atoms with Crippen LogP contribution < -0.4 is 14.5 Å². The third kappa shape index (κ3) is 5.29. The molecule has 0 saturated carbocycles. The van der Waals surface area contributed by atoms with Crippen molar-refractivity contribution in [3.63, 3.8) is 0 Å². The molecule has 2 aliphatic rings. The third-order valence-corrected chi connectivity index (χ3v) is 7.04. The van der Waals surface area contributed by atoms with Gasteiger partial charge >= 0.3 is 6.01 Å². The van der Waals surface area contributed by atoms with E-state index in [1.807, 2.05) is 12.1 Å². The zero-order valence-electron chi connectivity index (χ0n) is 21.0. The highest BCUT2D eigenvalue weighted by Gasteiger charge is 2.28. The van der Waals surface area contributed by atoms with E-state index in [4.69, 9.17) is 31.6 Å². The van der Waals surface area contributed by atoms with Gasteiger partial charge in [-0.05, 0) is 37.8 Å². The van der Waals surface area contributed by atoms with E-state index in [9.17, 15) is 0 Å². The molecule has 0 N–H and O–H groups in total. The molecule has 35 heavy (non-hydrogen) atoms.